The number of rotatable bonds is 2. The Bertz CT molecular complexity index is 397. The molecule has 0 fully saturated rings. The average Bonchev–Trinajstić information content (AvgIpc) is 2.23. The van der Waals surface area contributed by atoms with Gasteiger partial charge in [0.05, 0.1) is 0 Å². The molecular weight excluding hydrogens is 179 g/mol. The van der Waals surface area contributed by atoms with Crippen LogP contribution >= 0.6 is 0 Å². The molecule has 14 heavy (non-hydrogen) atoms. The minimum absolute atomic E-state index is 0.210. The van der Waals surface area contributed by atoms with E-state index in [1.165, 1.54) is 18.5 Å². The number of aromatic nitrogens is 2. The van der Waals surface area contributed by atoms with E-state index in [4.69, 9.17) is 0 Å². The van der Waals surface area contributed by atoms with Crippen molar-refractivity contribution in [2.24, 2.45) is 0 Å². The molecule has 2 aromatic rings. The molecule has 0 atom stereocenters. The van der Waals surface area contributed by atoms with Crippen LogP contribution in [-0.2, 0) is 6.42 Å². The van der Waals surface area contributed by atoms with Crippen molar-refractivity contribution in [3.63, 3.8) is 0 Å². The van der Waals surface area contributed by atoms with E-state index in [9.17, 15) is 4.39 Å². The maximum absolute atomic E-state index is 12.6. The molecule has 0 unspecified atom stereocenters. The first-order valence-corrected chi connectivity index (χ1v) is 4.33. The molecule has 0 aliphatic heterocycles. The summed E-state index contributed by atoms with van der Waals surface area (Å²) in [6.45, 7) is 0. The van der Waals surface area contributed by atoms with Crippen LogP contribution in [0.25, 0.3) is 0 Å². The lowest BCUT2D eigenvalue weighted by molar-refractivity contribution is 0.627. The Morgan fingerprint density at radius 2 is 1.57 bits per heavy atom. The van der Waals surface area contributed by atoms with Gasteiger partial charge in [-0.05, 0) is 23.3 Å². The second kappa shape index (κ2) is 3.96. The molecular formula is C11H9FN2. The molecule has 0 saturated heterocycles. The summed E-state index contributed by atoms with van der Waals surface area (Å²) in [6.07, 6.45) is 5.75. The molecule has 70 valence electrons. The molecule has 0 radical (unpaired) electrons. The number of nitrogens with zero attached hydrogens (tertiary/aromatic N) is 2. The van der Waals surface area contributed by atoms with Gasteiger partial charge < -0.3 is 0 Å². The van der Waals surface area contributed by atoms with E-state index >= 15 is 0 Å². The van der Waals surface area contributed by atoms with Crippen LogP contribution in [0.4, 0.5) is 4.39 Å². The molecule has 1 heterocycles. The Morgan fingerprint density at radius 1 is 0.929 bits per heavy atom. The third-order valence-corrected chi connectivity index (χ3v) is 1.94. The normalized spacial score (nSPS) is 10.1. The molecule has 0 spiro atoms. The molecule has 2 rings (SSSR count). The van der Waals surface area contributed by atoms with Gasteiger partial charge in [0.1, 0.15) is 12.1 Å². The fourth-order valence-corrected chi connectivity index (χ4v) is 1.26. The lowest BCUT2D eigenvalue weighted by Gasteiger charge is -1.99. The van der Waals surface area contributed by atoms with Gasteiger partial charge in [0.2, 0.25) is 0 Å². The van der Waals surface area contributed by atoms with Gasteiger partial charge in [0, 0.05) is 18.8 Å². The fraction of sp³-hybridized carbons (Fsp3) is 0.0909. The van der Waals surface area contributed by atoms with Crippen LogP contribution in [0.2, 0.25) is 0 Å². The van der Waals surface area contributed by atoms with E-state index in [0.717, 1.165) is 17.5 Å². The quantitative estimate of drug-likeness (QED) is 0.722. The Morgan fingerprint density at radius 3 is 2.21 bits per heavy atom. The Labute approximate surface area is 81.5 Å². The highest BCUT2D eigenvalue weighted by Crippen LogP contribution is 2.08. The summed E-state index contributed by atoms with van der Waals surface area (Å²) < 4.78 is 12.6. The zero-order chi connectivity index (χ0) is 9.80. The van der Waals surface area contributed by atoms with Crippen molar-refractivity contribution in [1.29, 1.82) is 0 Å². The summed E-state index contributed by atoms with van der Waals surface area (Å²) in [7, 11) is 0. The second-order valence-corrected chi connectivity index (χ2v) is 3.05. The molecule has 0 bridgehead atoms. The predicted molar refractivity (Wildman–Crippen MR) is 51.2 cm³/mol. The molecule has 1 aromatic heterocycles. The Kier molecular flexibility index (Phi) is 2.49. The minimum atomic E-state index is -0.210. The van der Waals surface area contributed by atoms with Crippen molar-refractivity contribution < 1.29 is 4.39 Å². The van der Waals surface area contributed by atoms with Crippen molar-refractivity contribution in [3.8, 4) is 0 Å². The molecule has 0 aliphatic carbocycles. The number of hydrogen-bond donors (Lipinski definition) is 0. The van der Waals surface area contributed by atoms with E-state index in [1.54, 1.807) is 24.5 Å². The van der Waals surface area contributed by atoms with Crippen molar-refractivity contribution >= 4 is 0 Å². The molecule has 0 saturated carbocycles. The third kappa shape index (κ3) is 2.13. The van der Waals surface area contributed by atoms with Gasteiger partial charge in [-0.25, -0.2) is 14.4 Å². The fourth-order valence-electron chi connectivity index (χ4n) is 1.26. The van der Waals surface area contributed by atoms with E-state index < -0.39 is 0 Å². The van der Waals surface area contributed by atoms with Crippen LogP contribution in [0.3, 0.4) is 0 Å². The van der Waals surface area contributed by atoms with Gasteiger partial charge in [-0.15, -0.1) is 0 Å². The smallest absolute Gasteiger partial charge is 0.123 e. The molecule has 0 aliphatic rings. The van der Waals surface area contributed by atoms with Crippen LogP contribution in [0, 0.1) is 5.82 Å². The highest BCUT2D eigenvalue weighted by atomic mass is 19.1. The summed E-state index contributed by atoms with van der Waals surface area (Å²) in [6, 6.07) is 6.45. The van der Waals surface area contributed by atoms with Gasteiger partial charge >= 0.3 is 0 Å². The largest absolute Gasteiger partial charge is 0.245 e. The number of benzene rings is 1. The summed E-state index contributed by atoms with van der Waals surface area (Å²) in [5, 5.41) is 0. The van der Waals surface area contributed by atoms with E-state index in [1.807, 2.05) is 0 Å². The Hall–Kier alpha value is -1.77. The molecule has 1 aromatic carbocycles. The van der Waals surface area contributed by atoms with Crippen LogP contribution in [-0.4, -0.2) is 9.97 Å². The van der Waals surface area contributed by atoms with Crippen molar-refractivity contribution in [3.05, 3.63) is 59.9 Å². The average molecular weight is 188 g/mol. The van der Waals surface area contributed by atoms with E-state index in [2.05, 4.69) is 9.97 Å². The molecule has 0 amide bonds. The van der Waals surface area contributed by atoms with Crippen molar-refractivity contribution in [2.75, 3.05) is 0 Å². The second-order valence-electron chi connectivity index (χ2n) is 3.05. The highest BCUT2D eigenvalue weighted by Gasteiger charge is 1.96. The summed E-state index contributed by atoms with van der Waals surface area (Å²) in [5.41, 5.74) is 2.08. The van der Waals surface area contributed by atoms with Gasteiger partial charge in [-0.1, -0.05) is 12.1 Å². The molecule has 2 nitrogen and oxygen atoms in total. The first kappa shape index (κ1) is 8.81. The topological polar surface area (TPSA) is 25.8 Å². The van der Waals surface area contributed by atoms with Gasteiger partial charge in [-0.3, -0.25) is 0 Å². The van der Waals surface area contributed by atoms with Crippen LogP contribution in [0.15, 0.2) is 43.0 Å². The van der Waals surface area contributed by atoms with E-state index in [0.29, 0.717) is 0 Å². The zero-order valence-corrected chi connectivity index (χ0v) is 7.52. The maximum atomic E-state index is 12.6. The lowest BCUT2D eigenvalue weighted by Crippen LogP contribution is -1.90. The summed E-state index contributed by atoms with van der Waals surface area (Å²) >= 11 is 0. The molecule has 3 heteroatoms. The number of halogens is 1. The standard InChI is InChI=1S/C11H9FN2/c12-11-3-1-9(2-4-11)5-10-6-13-8-14-7-10/h1-4,6-8H,5H2. The third-order valence-electron chi connectivity index (χ3n) is 1.94. The lowest BCUT2D eigenvalue weighted by atomic mass is 10.1. The summed E-state index contributed by atoms with van der Waals surface area (Å²) in [5.74, 6) is -0.210. The number of hydrogen-bond acceptors (Lipinski definition) is 2. The minimum Gasteiger partial charge on any atom is -0.245 e. The predicted octanol–water partition coefficient (Wildman–Crippen LogP) is 2.21. The monoisotopic (exact) mass is 188 g/mol. The van der Waals surface area contributed by atoms with Crippen molar-refractivity contribution in [2.45, 2.75) is 6.42 Å². The molecule has 0 N–H and O–H groups in total. The SMILES string of the molecule is Fc1ccc(Cc2cncnc2)cc1. The first-order chi connectivity index (χ1) is 6.84. The van der Waals surface area contributed by atoms with Crippen LogP contribution < -0.4 is 0 Å². The zero-order valence-electron chi connectivity index (χ0n) is 7.52. The maximum Gasteiger partial charge on any atom is 0.123 e. The van der Waals surface area contributed by atoms with Crippen LogP contribution in [0.5, 0.6) is 0 Å². The van der Waals surface area contributed by atoms with Crippen molar-refractivity contribution in [1.82, 2.24) is 9.97 Å². The van der Waals surface area contributed by atoms with Crippen LogP contribution in [0.1, 0.15) is 11.1 Å². The highest BCUT2D eigenvalue weighted by molar-refractivity contribution is 5.22. The van der Waals surface area contributed by atoms with E-state index in [-0.39, 0.29) is 5.82 Å². The van der Waals surface area contributed by atoms with Gasteiger partial charge in [-0.2, -0.15) is 0 Å². The Balaban J connectivity index is 2.16. The first-order valence-electron chi connectivity index (χ1n) is 4.33. The van der Waals surface area contributed by atoms with Gasteiger partial charge in [0.15, 0.2) is 0 Å². The van der Waals surface area contributed by atoms with Gasteiger partial charge in [0.25, 0.3) is 0 Å². The summed E-state index contributed by atoms with van der Waals surface area (Å²) in [4.78, 5) is 7.83.